The van der Waals surface area contributed by atoms with E-state index in [1.165, 1.54) is 17.7 Å². The third-order valence-electron chi connectivity index (χ3n) is 5.65. The number of carboxylic acid groups (broad SMARTS) is 1. The summed E-state index contributed by atoms with van der Waals surface area (Å²) in [5.41, 5.74) is 1.65. The first-order valence-corrected chi connectivity index (χ1v) is 14.4. The van der Waals surface area contributed by atoms with Gasteiger partial charge in [-0.2, -0.15) is 0 Å². The van der Waals surface area contributed by atoms with Gasteiger partial charge in [0.05, 0.1) is 10.5 Å². The molecule has 0 fully saturated rings. The summed E-state index contributed by atoms with van der Waals surface area (Å²) >= 11 is 0. The summed E-state index contributed by atoms with van der Waals surface area (Å²) in [6, 6.07) is 14.2. The molecule has 2 aromatic carbocycles. The highest BCUT2D eigenvalue weighted by Gasteiger charge is 2.18. The normalized spacial score (nSPS) is 11.7. The van der Waals surface area contributed by atoms with E-state index in [2.05, 4.69) is 22.1 Å². The van der Waals surface area contributed by atoms with Crippen LogP contribution in [0.25, 0.3) is 0 Å². The Morgan fingerprint density at radius 3 is 2.08 bits per heavy atom. The van der Waals surface area contributed by atoms with Crippen LogP contribution in [0.1, 0.15) is 73.8 Å². The number of aromatic nitrogens is 2. The van der Waals surface area contributed by atoms with Crippen molar-refractivity contribution in [2.45, 2.75) is 75.7 Å². The first-order chi connectivity index (χ1) is 18.4. The van der Waals surface area contributed by atoms with Crippen molar-refractivity contribution >= 4 is 21.8 Å². The fourth-order valence-corrected chi connectivity index (χ4v) is 4.88. The van der Waals surface area contributed by atoms with Gasteiger partial charge < -0.3 is 14.6 Å². The Morgan fingerprint density at radius 2 is 1.49 bits per heavy atom. The van der Waals surface area contributed by atoms with Gasteiger partial charge in [0, 0.05) is 18.8 Å². The number of nitrogens with zero attached hydrogens (tertiary/aromatic N) is 2. The highest BCUT2D eigenvalue weighted by atomic mass is 32.2. The lowest BCUT2D eigenvalue weighted by Gasteiger charge is -2.19. The van der Waals surface area contributed by atoms with Crippen LogP contribution >= 0.6 is 0 Å². The standard InChI is InChI=1S/C29H34N2O7S/c1-29(2,3)38-27(32)8-6-4-5-7-21-9-11-22(12-10-21)19-37-24-13-15-25(16-14-24)39(35,36)20-26-30-17-23(18-31-26)28(33)34/h9-18H,4-8,19-20H2,1-3H3,(H,33,34). The summed E-state index contributed by atoms with van der Waals surface area (Å²) in [6.07, 6.45) is 6.30. The third-order valence-corrected chi connectivity index (χ3v) is 7.28. The quantitative estimate of drug-likeness (QED) is 0.224. The monoisotopic (exact) mass is 554 g/mol. The Morgan fingerprint density at radius 1 is 0.872 bits per heavy atom. The lowest BCUT2D eigenvalue weighted by molar-refractivity contribution is -0.154. The minimum Gasteiger partial charge on any atom is -0.489 e. The SMILES string of the molecule is CC(C)(C)OC(=O)CCCCCc1ccc(COc2ccc(S(=O)(=O)Cc3ncc(C(=O)O)cn3)cc2)cc1. The fourth-order valence-electron chi connectivity index (χ4n) is 3.67. The van der Waals surface area contributed by atoms with Crippen LogP contribution in [0.15, 0.2) is 65.8 Å². The largest absolute Gasteiger partial charge is 0.489 e. The Balaban J connectivity index is 1.42. The molecule has 0 spiro atoms. The number of carbonyl (C=O) groups excluding carboxylic acids is 1. The Kier molecular flexibility index (Phi) is 10.2. The number of aryl methyl sites for hydroxylation is 1. The average Bonchev–Trinajstić information content (AvgIpc) is 2.87. The number of sulfone groups is 1. The third kappa shape index (κ3) is 10.1. The molecule has 0 aliphatic carbocycles. The Bertz CT molecular complexity index is 1350. The molecule has 0 radical (unpaired) electrons. The average molecular weight is 555 g/mol. The summed E-state index contributed by atoms with van der Waals surface area (Å²) < 4.78 is 36.5. The van der Waals surface area contributed by atoms with E-state index >= 15 is 0 Å². The first-order valence-electron chi connectivity index (χ1n) is 12.7. The maximum atomic E-state index is 12.7. The topological polar surface area (TPSA) is 133 Å². The molecule has 0 aliphatic rings. The van der Waals surface area contributed by atoms with Gasteiger partial charge in [-0.05, 0) is 75.4 Å². The summed E-state index contributed by atoms with van der Waals surface area (Å²) in [7, 11) is -3.71. The number of aromatic carboxylic acids is 1. The number of carbonyl (C=O) groups is 2. The minimum atomic E-state index is -3.71. The molecule has 0 amide bonds. The van der Waals surface area contributed by atoms with E-state index in [9.17, 15) is 18.0 Å². The maximum Gasteiger partial charge on any atom is 0.338 e. The van der Waals surface area contributed by atoms with Crippen LogP contribution in [-0.4, -0.2) is 41.0 Å². The molecule has 0 unspecified atom stereocenters. The number of esters is 1. The van der Waals surface area contributed by atoms with E-state index in [0.29, 0.717) is 18.8 Å². The van der Waals surface area contributed by atoms with Crippen molar-refractivity contribution in [1.82, 2.24) is 9.97 Å². The van der Waals surface area contributed by atoms with Gasteiger partial charge in [0.2, 0.25) is 0 Å². The van der Waals surface area contributed by atoms with Crippen LogP contribution in [0.5, 0.6) is 5.75 Å². The fraction of sp³-hybridized carbons (Fsp3) is 0.379. The first kappa shape index (κ1) is 29.8. The van der Waals surface area contributed by atoms with Gasteiger partial charge in [-0.3, -0.25) is 4.79 Å². The van der Waals surface area contributed by atoms with Crippen molar-refractivity contribution in [2.24, 2.45) is 0 Å². The summed E-state index contributed by atoms with van der Waals surface area (Å²) in [5.74, 6) is -1.22. The van der Waals surface area contributed by atoms with E-state index in [1.807, 2.05) is 32.9 Å². The molecule has 1 aromatic heterocycles. The minimum absolute atomic E-state index is 0.0181. The second kappa shape index (κ2) is 13.3. The van der Waals surface area contributed by atoms with Crippen LogP contribution in [0.4, 0.5) is 0 Å². The van der Waals surface area contributed by atoms with E-state index in [4.69, 9.17) is 14.6 Å². The summed E-state index contributed by atoms with van der Waals surface area (Å²) in [5, 5.41) is 8.90. The molecule has 39 heavy (non-hydrogen) atoms. The zero-order valence-corrected chi connectivity index (χ0v) is 23.2. The van der Waals surface area contributed by atoms with E-state index in [-0.39, 0.29) is 22.3 Å². The van der Waals surface area contributed by atoms with Gasteiger partial charge in [0.25, 0.3) is 0 Å². The molecule has 9 nitrogen and oxygen atoms in total. The zero-order valence-electron chi connectivity index (χ0n) is 22.4. The Hall–Kier alpha value is -3.79. The molecule has 0 saturated carbocycles. The molecular formula is C29H34N2O7S. The van der Waals surface area contributed by atoms with Crippen molar-refractivity contribution in [2.75, 3.05) is 0 Å². The molecule has 208 valence electrons. The summed E-state index contributed by atoms with van der Waals surface area (Å²) in [4.78, 5) is 30.4. The summed E-state index contributed by atoms with van der Waals surface area (Å²) in [6.45, 7) is 5.95. The number of hydrogen-bond acceptors (Lipinski definition) is 8. The zero-order chi connectivity index (χ0) is 28.5. The second-order valence-electron chi connectivity index (χ2n) is 10.2. The molecule has 3 rings (SSSR count). The van der Waals surface area contributed by atoms with Crippen LogP contribution in [0.3, 0.4) is 0 Å². The van der Waals surface area contributed by atoms with Crippen molar-refractivity contribution in [1.29, 1.82) is 0 Å². The van der Waals surface area contributed by atoms with E-state index < -0.39 is 27.2 Å². The number of ether oxygens (including phenoxy) is 2. The van der Waals surface area contributed by atoms with Crippen LogP contribution in [-0.2, 0) is 38.1 Å². The molecule has 0 bridgehead atoms. The Labute approximate surface area is 229 Å². The van der Waals surface area contributed by atoms with Gasteiger partial charge in [-0.25, -0.2) is 23.2 Å². The predicted molar refractivity (Wildman–Crippen MR) is 145 cm³/mol. The number of unbranched alkanes of at least 4 members (excludes halogenated alkanes) is 2. The molecule has 3 aromatic rings. The molecule has 1 N–H and O–H groups in total. The van der Waals surface area contributed by atoms with Crippen LogP contribution < -0.4 is 4.74 Å². The van der Waals surface area contributed by atoms with Crippen LogP contribution in [0, 0.1) is 0 Å². The molecule has 0 saturated heterocycles. The van der Waals surface area contributed by atoms with Crippen molar-refractivity contribution < 1.29 is 32.6 Å². The lowest BCUT2D eigenvalue weighted by atomic mass is 10.0. The second-order valence-corrected chi connectivity index (χ2v) is 12.2. The van der Waals surface area contributed by atoms with Gasteiger partial charge in [0.1, 0.15) is 29.5 Å². The molecule has 0 aliphatic heterocycles. The maximum absolute atomic E-state index is 12.7. The van der Waals surface area contributed by atoms with Gasteiger partial charge in [0.15, 0.2) is 9.84 Å². The van der Waals surface area contributed by atoms with Gasteiger partial charge in [-0.15, -0.1) is 0 Å². The highest BCUT2D eigenvalue weighted by molar-refractivity contribution is 7.90. The van der Waals surface area contributed by atoms with Gasteiger partial charge in [-0.1, -0.05) is 30.7 Å². The number of benzene rings is 2. The molecule has 1 heterocycles. The highest BCUT2D eigenvalue weighted by Crippen LogP contribution is 2.20. The van der Waals surface area contributed by atoms with Crippen LogP contribution in [0.2, 0.25) is 0 Å². The molecular weight excluding hydrogens is 520 g/mol. The number of hydrogen-bond donors (Lipinski definition) is 1. The van der Waals surface area contributed by atoms with Crippen molar-refractivity contribution in [3.8, 4) is 5.75 Å². The number of rotatable bonds is 13. The number of carboxylic acids is 1. The smallest absolute Gasteiger partial charge is 0.338 e. The van der Waals surface area contributed by atoms with E-state index in [1.54, 1.807) is 12.1 Å². The van der Waals surface area contributed by atoms with Gasteiger partial charge >= 0.3 is 11.9 Å². The van der Waals surface area contributed by atoms with Crippen molar-refractivity contribution in [3.05, 3.63) is 83.4 Å². The molecule has 0 atom stereocenters. The lowest BCUT2D eigenvalue weighted by Crippen LogP contribution is -2.23. The van der Waals surface area contributed by atoms with Crippen molar-refractivity contribution in [3.63, 3.8) is 0 Å². The predicted octanol–water partition coefficient (Wildman–Crippen LogP) is 5.17. The van der Waals surface area contributed by atoms with E-state index in [0.717, 1.165) is 43.6 Å². The molecule has 10 heteroatoms.